The van der Waals surface area contributed by atoms with Crippen molar-refractivity contribution in [3.05, 3.63) is 275 Å². The fourth-order valence-electron chi connectivity index (χ4n) is 13.1. The number of hydrogen-bond acceptors (Lipinski definition) is 2. The Kier molecular flexibility index (Phi) is 9.54. The number of benzene rings is 7. The summed E-state index contributed by atoms with van der Waals surface area (Å²) < 4.78 is 2.57. The van der Waals surface area contributed by atoms with Gasteiger partial charge in [-0.15, -0.1) is 0 Å². The SMILES string of the molecule is CC12C=CC=CC1C1=Cc3c(ccc4c5cc(B(c6ccccc6)C6C=CC=CC6)ccc5n(-c5cccc(C6=NC(c7ccccc7)=C=CCC(c7ccccc7)=N6)c5)c34)C3C1C3c1ccccc12. The molecule has 1 saturated carbocycles. The van der Waals surface area contributed by atoms with E-state index >= 15 is 0 Å². The third-order valence-corrected chi connectivity index (χ3v) is 16.3. The quantitative estimate of drug-likeness (QED) is 0.113. The maximum atomic E-state index is 5.43. The number of amidine groups is 1. The van der Waals surface area contributed by atoms with Crippen molar-refractivity contribution in [2.45, 2.75) is 42.8 Å². The van der Waals surface area contributed by atoms with Gasteiger partial charge in [-0.2, -0.15) is 0 Å². The Labute approximate surface area is 410 Å². The standard InChI is InChI=1S/C66H50BN3/c1-66-39-17-16-32-57(66)55-42-54-50(61-62(63(55)61)52-30-14-15-31-56(52)66)36-37-51-53-41-48(67(46-25-10-4-11-26-46)47-27-12-5-13-28-47)35-38-60(53)70(64(51)54)49-29-18-24-45(40-49)65-68-58(43-20-6-2-7-21-43)33-19-34-59(69-65)44-22-8-3-9-23-44/h2-27,29-32,35-42,47,57,61-63H,28,33H2,1H3. The van der Waals surface area contributed by atoms with Crippen LogP contribution in [-0.4, -0.2) is 22.8 Å². The Balaban J connectivity index is 1.01. The van der Waals surface area contributed by atoms with Crippen LogP contribution in [0.1, 0.15) is 70.5 Å². The van der Waals surface area contributed by atoms with Crippen molar-refractivity contribution in [2.75, 3.05) is 0 Å². The molecular weight excluding hydrogens is 846 g/mol. The van der Waals surface area contributed by atoms with Crippen LogP contribution in [0.4, 0.5) is 0 Å². The summed E-state index contributed by atoms with van der Waals surface area (Å²) in [6, 6.07) is 62.6. The van der Waals surface area contributed by atoms with Crippen molar-refractivity contribution in [1.29, 1.82) is 0 Å². The summed E-state index contributed by atoms with van der Waals surface area (Å²) in [5.74, 6) is 2.67. The van der Waals surface area contributed by atoms with Gasteiger partial charge in [0.1, 0.15) is 5.70 Å². The Morgan fingerprint density at radius 2 is 1.37 bits per heavy atom. The van der Waals surface area contributed by atoms with Crippen LogP contribution >= 0.6 is 0 Å². The Hall–Kier alpha value is -8.04. The molecule has 8 aromatic rings. The Morgan fingerprint density at radius 1 is 0.614 bits per heavy atom. The second-order valence-corrected chi connectivity index (χ2v) is 20.2. The Morgan fingerprint density at radius 3 is 2.20 bits per heavy atom. The van der Waals surface area contributed by atoms with Crippen molar-refractivity contribution in [3.8, 4) is 5.69 Å². The van der Waals surface area contributed by atoms with Gasteiger partial charge in [-0.1, -0.05) is 235 Å². The molecule has 70 heavy (non-hydrogen) atoms. The highest BCUT2D eigenvalue weighted by atomic mass is 15.0. The van der Waals surface area contributed by atoms with Crippen LogP contribution in [-0.2, 0) is 5.41 Å². The molecule has 0 N–H and O–H groups in total. The fourth-order valence-corrected chi connectivity index (χ4v) is 13.1. The lowest BCUT2D eigenvalue weighted by Crippen LogP contribution is -2.45. The average Bonchev–Trinajstić information content (AvgIpc) is 4.09. The van der Waals surface area contributed by atoms with E-state index in [2.05, 4.69) is 242 Å². The van der Waals surface area contributed by atoms with E-state index in [1.54, 1.807) is 5.57 Å². The van der Waals surface area contributed by atoms with Crippen molar-refractivity contribution in [1.82, 2.24) is 4.57 Å². The first-order valence-corrected chi connectivity index (χ1v) is 25.1. The van der Waals surface area contributed by atoms with Gasteiger partial charge < -0.3 is 4.57 Å². The molecule has 5 aliphatic carbocycles. The zero-order valence-electron chi connectivity index (χ0n) is 39.2. The molecule has 4 heteroatoms. The molecule has 332 valence electrons. The summed E-state index contributed by atoms with van der Waals surface area (Å²) in [4.78, 5) is 10.8. The minimum Gasteiger partial charge on any atom is -0.309 e. The number of aliphatic imine (C=N–C) groups is 2. The van der Waals surface area contributed by atoms with E-state index in [0.29, 0.717) is 35.8 Å². The number of nitrogens with zero attached hydrogens (tertiary/aromatic N) is 3. The van der Waals surface area contributed by atoms with Crippen LogP contribution in [0.2, 0.25) is 5.82 Å². The van der Waals surface area contributed by atoms with E-state index < -0.39 is 0 Å². The fraction of sp³-hybridized carbons (Fsp3) is 0.136. The van der Waals surface area contributed by atoms with Gasteiger partial charge in [0.05, 0.1) is 16.7 Å². The second-order valence-electron chi connectivity index (χ2n) is 20.2. The largest absolute Gasteiger partial charge is 0.309 e. The van der Waals surface area contributed by atoms with Crippen molar-refractivity contribution < 1.29 is 0 Å². The first-order valence-electron chi connectivity index (χ1n) is 25.1. The monoisotopic (exact) mass is 895 g/mol. The van der Waals surface area contributed by atoms with Crippen molar-refractivity contribution in [2.24, 2.45) is 21.8 Å². The van der Waals surface area contributed by atoms with E-state index in [9.17, 15) is 0 Å². The van der Waals surface area contributed by atoms with E-state index in [1.165, 1.54) is 55.0 Å². The zero-order chi connectivity index (χ0) is 46.3. The van der Waals surface area contributed by atoms with Gasteiger partial charge in [-0.05, 0) is 76.5 Å². The van der Waals surface area contributed by atoms with Gasteiger partial charge in [0.15, 0.2) is 5.84 Å². The third kappa shape index (κ3) is 6.51. The third-order valence-electron chi connectivity index (χ3n) is 16.3. The topological polar surface area (TPSA) is 29.6 Å². The molecule has 6 atom stereocenters. The second kappa shape index (κ2) is 16.3. The minimum atomic E-state index is -0.120. The lowest BCUT2D eigenvalue weighted by Gasteiger charge is -2.39. The van der Waals surface area contributed by atoms with Gasteiger partial charge in [0, 0.05) is 50.9 Å². The molecule has 3 nitrogen and oxygen atoms in total. The summed E-state index contributed by atoms with van der Waals surface area (Å²) in [6.45, 7) is 2.68. The summed E-state index contributed by atoms with van der Waals surface area (Å²) in [5, 5.41) is 2.56. The van der Waals surface area contributed by atoms with Crippen LogP contribution in [0.5, 0.6) is 0 Å². The summed E-state index contributed by atoms with van der Waals surface area (Å²) in [5.41, 5.74) is 21.9. The minimum absolute atomic E-state index is 0.120. The summed E-state index contributed by atoms with van der Waals surface area (Å²) in [7, 11) is 0. The first-order chi connectivity index (χ1) is 34.6. The molecule has 14 rings (SSSR count). The molecule has 6 aliphatic rings. The number of allylic oxidation sites excluding steroid dienone is 10. The maximum absolute atomic E-state index is 5.43. The summed E-state index contributed by atoms with van der Waals surface area (Å²) in [6.07, 6.45) is 25.0. The van der Waals surface area contributed by atoms with Gasteiger partial charge >= 0.3 is 0 Å². The highest BCUT2D eigenvalue weighted by Gasteiger charge is 2.61. The zero-order valence-corrected chi connectivity index (χ0v) is 39.2. The smallest absolute Gasteiger partial charge is 0.216 e. The first kappa shape index (κ1) is 41.0. The molecule has 1 aromatic heterocycles. The number of rotatable bonds is 7. The van der Waals surface area contributed by atoms with Crippen LogP contribution in [0, 0.1) is 11.8 Å². The van der Waals surface area contributed by atoms with Crippen LogP contribution in [0.15, 0.2) is 246 Å². The highest BCUT2D eigenvalue weighted by Crippen LogP contribution is 2.72. The number of fused-ring (bicyclic) bond motifs is 12. The predicted octanol–water partition coefficient (Wildman–Crippen LogP) is 14.0. The van der Waals surface area contributed by atoms with Gasteiger partial charge in [0.2, 0.25) is 6.71 Å². The molecule has 1 fully saturated rings. The molecule has 0 spiro atoms. The van der Waals surface area contributed by atoms with E-state index in [4.69, 9.17) is 9.98 Å². The molecule has 0 saturated heterocycles. The van der Waals surface area contributed by atoms with E-state index in [0.717, 1.165) is 40.2 Å². The van der Waals surface area contributed by atoms with Crippen LogP contribution in [0.25, 0.3) is 39.3 Å². The van der Waals surface area contributed by atoms with Crippen LogP contribution in [0.3, 0.4) is 0 Å². The van der Waals surface area contributed by atoms with Gasteiger partial charge in [0.25, 0.3) is 0 Å². The lowest BCUT2D eigenvalue weighted by atomic mass is 9.33. The van der Waals surface area contributed by atoms with Gasteiger partial charge in [-0.3, -0.25) is 0 Å². The molecular formula is C66H50BN3. The lowest BCUT2D eigenvalue weighted by molar-refractivity contribution is 0.467. The number of aromatic nitrogens is 1. The molecule has 1 aliphatic heterocycles. The predicted molar refractivity (Wildman–Crippen MR) is 293 cm³/mol. The summed E-state index contributed by atoms with van der Waals surface area (Å²) >= 11 is 0. The molecule has 7 aromatic carbocycles. The molecule has 6 unspecified atom stereocenters. The molecule has 0 bridgehead atoms. The highest BCUT2D eigenvalue weighted by molar-refractivity contribution is 6.86. The average molecular weight is 896 g/mol. The van der Waals surface area contributed by atoms with E-state index in [1.807, 2.05) is 6.07 Å². The maximum Gasteiger partial charge on any atom is 0.216 e. The van der Waals surface area contributed by atoms with Crippen molar-refractivity contribution >= 4 is 62.8 Å². The molecule has 0 amide bonds. The number of hydrogen-bond donors (Lipinski definition) is 0. The van der Waals surface area contributed by atoms with Crippen molar-refractivity contribution in [3.63, 3.8) is 0 Å². The Bertz CT molecular complexity index is 3740. The normalized spacial score (nSPS) is 23.4. The van der Waals surface area contributed by atoms with E-state index in [-0.39, 0.29) is 18.0 Å². The molecule has 0 radical (unpaired) electrons. The van der Waals surface area contributed by atoms with Crippen LogP contribution < -0.4 is 10.9 Å². The molecule has 2 heterocycles. The van der Waals surface area contributed by atoms with Gasteiger partial charge in [-0.25, -0.2) is 9.98 Å².